The minimum atomic E-state index is -0.163. The third-order valence-corrected chi connectivity index (χ3v) is 4.40. The van der Waals surface area contributed by atoms with Crippen LogP contribution in [0.5, 0.6) is 0 Å². The molecular weight excluding hydrogens is 266 g/mol. The lowest BCUT2D eigenvalue weighted by molar-refractivity contribution is 0.0897. The summed E-state index contributed by atoms with van der Waals surface area (Å²) in [7, 11) is 0. The van der Waals surface area contributed by atoms with E-state index in [1.165, 1.54) is 12.6 Å². The first kappa shape index (κ1) is 12.6. The van der Waals surface area contributed by atoms with E-state index >= 15 is 0 Å². The number of fused-ring (bicyclic) bond motifs is 2. The highest BCUT2D eigenvalue weighted by molar-refractivity contribution is 5.91. The van der Waals surface area contributed by atoms with Crippen molar-refractivity contribution in [3.8, 4) is 11.5 Å². The maximum atomic E-state index is 12.3. The molecule has 2 saturated heterocycles. The molecule has 3 unspecified atom stereocenters. The average molecular weight is 283 g/mol. The summed E-state index contributed by atoms with van der Waals surface area (Å²) >= 11 is 0. The molecule has 0 spiro atoms. The quantitative estimate of drug-likeness (QED) is 0.932. The molecule has 2 aliphatic heterocycles. The molecule has 1 N–H and O–H groups in total. The van der Waals surface area contributed by atoms with Crippen LogP contribution in [0.3, 0.4) is 0 Å². The van der Waals surface area contributed by atoms with Gasteiger partial charge >= 0.3 is 0 Å². The Morgan fingerprint density at radius 2 is 2.14 bits per heavy atom. The number of hydrogen-bond acceptors (Lipinski definition) is 4. The van der Waals surface area contributed by atoms with E-state index in [-0.39, 0.29) is 17.7 Å². The largest absolute Gasteiger partial charge is 0.431 e. The molecule has 108 valence electrons. The number of aromatic nitrogens is 1. The Morgan fingerprint density at radius 1 is 1.29 bits per heavy atom. The van der Waals surface area contributed by atoms with Gasteiger partial charge < -0.3 is 14.6 Å². The van der Waals surface area contributed by atoms with Crippen LogP contribution in [0, 0.1) is 5.92 Å². The molecule has 1 aromatic carbocycles. The van der Waals surface area contributed by atoms with Crippen LogP contribution in [0.15, 0.2) is 40.9 Å². The second-order valence-electron chi connectivity index (χ2n) is 5.78. The first-order valence-corrected chi connectivity index (χ1v) is 7.34. The van der Waals surface area contributed by atoms with Crippen LogP contribution >= 0.6 is 0 Å². The summed E-state index contributed by atoms with van der Waals surface area (Å²) < 4.78 is 5.59. The fraction of sp³-hybridized carbons (Fsp3) is 0.375. The summed E-state index contributed by atoms with van der Waals surface area (Å²) in [5.41, 5.74) is 0.877. The lowest BCUT2D eigenvalue weighted by atomic mass is 10.00. The Balaban J connectivity index is 1.47. The van der Waals surface area contributed by atoms with Crippen LogP contribution in [0.25, 0.3) is 11.5 Å². The van der Waals surface area contributed by atoms with Gasteiger partial charge in [-0.05, 0) is 31.0 Å². The third-order valence-electron chi connectivity index (χ3n) is 4.40. The maximum absolute atomic E-state index is 12.3. The molecule has 1 amide bonds. The molecule has 2 bridgehead atoms. The predicted octanol–water partition coefficient (Wildman–Crippen LogP) is 1.78. The number of nitrogens with zero attached hydrogens (tertiary/aromatic N) is 2. The minimum absolute atomic E-state index is 0.163. The van der Waals surface area contributed by atoms with Crippen molar-refractivity contribution in [1.29, 1.82) is 0 Å². The van der Waals surface area contributed by atoms with Crippen molar-refractivity contribution in [2.45, 2.75) is 12.5 Å². The molecule has 1 aromatic heterocycles. The smallest absolute Gasteiger partial charge is 0.289 e. The van der Waals surface area contributed by atoms with E-state index < -0.39 is 0 Å². The number of carbonyl (C=O) groups is 1. The zero-order chi connectivity index (χ0) is 14.2. The Bertz CT molecular complexity index is 653. The van der Waals surface area contributed by atoms with Crippen molar-refractivity contribution in [2.75, 3.05) is 19.6 Å². The number of amides is 1. The van der Waals surface area contributed by atoms with Gasteiger partial charge in [-0.3, -0.25) is 4.79 Å². The van der Waals surface area contributed by atoms with E-state index in [0.29, 0.717) is 11.8 Å². The number of carbonyl (C=O) groups excluding carboxylic acids is 1. The van der Waals surface area contributed by atoms with Gasteiger partial charge in [0.05, 0.1) is 6.20 Å². The van der Waals surface area contributed by atoms with Crippen molar-refractivity contribution in [1.82, 2.24) is 15.2 Å². The monoisotopic (exact) mass is 283 g/mol. The van der Waals surface area contributed by atoms with Crippen LogP contribution < -0.4 is 5.32 Å². The van der Waals surface area contributed by atoms with E-state index in [0.717, 1.165) is 25.2 Å². The summed E-state index contributed by atoms with van der Waals surface area (Å²) in [4.78, 5) is 18.8. The van der Waals surface area contributed by atoms with Crippen molar-refractivity contribution >= 4 is 5.91 Å². The molecule has 5 heteroatoms. The van der Waals surface area contributed by atoms with Gasteiger partial charge in [0.1, 0.15) is 0 Å². The zero-order valence-corrected chi connectivity index (χ0v) is 11.7. The standard InChI is InChI=1S/C16H17N3O2/c20-15(18-13-10-19-7-6-12(13)9-19)14-8-17-16(21-14)11-4-2-1-3-5-11/h1-5,8,12-13H,6-7,9-10H2,(H,18,20). The Labute approximate surface area is 123 Å². The minimum Gasteiger partial charge on any atom is -0.431 e. The summed E-state index contributed by atoms with van der Waals surface area (Å²) in [6.07, 6.45) is 2.68. The Morgan fingerprint density at radius 3 is 2.86 bits per heavy atom. The van der Waals surface area contributed by atoms with Gasteiger partial charge in [-0.2, -0.15) is 0 Å². The van der Waals surface area contributed by atoms with Crippen LogP contribution in [0.4, 0.5) is 0 Å². The van der Waals surface area contributed by atoms with E-state index in [1.807, 2.05) is 30.3 Å². The summed E-state index contributed by atoms with van der Waals surface area (Å²) in [5, 5.41) is 3.08. The van der Waals surface area contributed by atoms with Crippen molar-refractivity contribution in [3.63, 3.8) is 0 Å². The number of rotatable bonds is 3. The number of nitrogens with one attached hydrogen (secondary N) is 1. The van der Waals surface area contributed by atoms with Gasteiger partial charge in [0.2, 0.25) is 11.7 Å². The summed E-state index contributed by atoms with van der Waals surface area (Å²) in [6.45, 7) is 3.23. The van der Waals surface area contributed by atoms with Crippen molar-refractivity contribution < 1.29 is 9.21 Å². The second-order valence-corrected chi connectivity index (χ2v) is 5.78. The SMILES string of the molecule is O=C(NC1CN2CCC1C2)c1cnc(-c2ccccc2)o1. The maximum Gasteiger partial charge on any atom is 0.289 e. The molecule has 2 fully saturated rings. The number of oxazole rings is 1. The molecule has 21 heavy (non-hydrogen) atoms. The van der Waals surface area contributed by atoms with Gasteiger partial charge in [0.25, 0.3) is 5.91 Å². The van der Waals surface area contributed by atoms with E-state index in [9.17, 15) is 4.79 Å². The molecule has 2 aromatic rings. The number of hydrogen-bond donors (Lipinski definition) is 1. The molecule has 3 heterocycles. The van der Waals surface area contributed by atoms with Gasteiger partial charge in [0, 0.05) is 24.7 Å². The molecule has 5 nitrogen and oxygen atoms in total. The number of piperidine rings is 1. The first-order valence-electron chi connectivity index (χ1n) is 7.34. The summed E-state index contributed by atoms with van der Waals surface area (Å²) in [6, 6.07) is 9.85. The molecule has 4 rings (SSSR count). The molecule has 3 atom stereocenters. The second kappa shape index (κ2) is 5.00. The molecule has 0 radical (unpaired) electrons. The fourth-order valence-electron chi connectivity index (χ4n) is 3.28. The fourth-order valence-corrected chi connectivity index (χ4v) is 3.28. The first-order chi connectivity index (χ1) is 10.3. The van der Waals surface area contributed by atoms with E-state index in [4.69, 9.17) is 4.42 Å². The molecule has 2 aliphatic rings. The van der Waals surface area contributed by atoms with Crippen LogP contribution in [-0.2, 0) is 0 Å². The normalized spacial score (nSPS) is 27.0. The topological polar surface area (TPSA) is 58.4 Å². The van der Waals surface area contributed by atoms with Crippen LogP contribution in [0.1, 0.15) is 17.0 Å². The third kappa shape index (κ3) is 2.34. The van der Waals surface area contributed by atoms with Crippen molar-refractivity contribution in [2.24, 2.45) is 5.92 Å². The average Bonchev–Trinajstić information content (AvgIpc) is 3.24. The Hall–Kier alpha value is -2.14. The highest BCUT2D eigenvalue weighted by atomic mass is 16.4. The highest BCUT2D eigenvalue weighted by Gasteiger charge is 2.39. The lowest BCUT2D eigenvalue weighted by Gasteiger charge is -2.22. The van der Waals surface area contributed by atoms with Gasteiger partial charge in [0.15, 0.2) is 0 Å². The highest BCUT2D eigenvalue weighted by Crippen LogP contribution is 2.28. The zero-order valence-electron chi connectivity index (χ0n) is 11.7. The predicted molar refractivity (Wildman–Crippen MR) is 77.7 cm³/mol. The van der Waals surface area contributed by atoms with Gasteiger partial charge in [-0.15, -0.1) is 0 Å². The van der Waals surface area contributed by atoms with Gasteiger partial charge in [-0.1, -0.05) is 18.2 Å². The Kier molecular flexibility index (Phi) is 3.00. The lowest BCUT2D eigenvalue weighted by Crippen LogP contribution is -2.43. The van der Waals surface area contributed by atoms with Gasteiger partial charge in [-0.25, -0.2) is 4.98 Å². The molecule has 0 saturated carbocycles. The van der Waals surface area contributed by atoms with E-state index in [2.05, 4.69) is 15.2 Å². The number of benzene rings is 1. The van der Waals surface area contributed by atoms with E-state index in [1.54, 1.807) is 0 Å². The van der Waals surface area contributed by atoms with Crippen LogP contribution in [-0.4, -0.2) is 41.5 Å². The molecular formula is C16H17N3O2. The molecule has 0 aliphatic carbocycles. The summed E-state index contributed by atoms with van der Waals surface area (Å²) in [5.74, 6) is 1.19. The van der Waals surface area contributed by atoms with Crippen LogP contribution in [0.2, 0.25) is 0 Å². The van der Waals surface area contributed by atoms with Crippen molar-refractivity contribution in [3.05, 3.63) is 42.3 Å².